The number of H-pyrrole nitrogens is 1. The highest BCUT2D eigenvalue weighted by Gasteiger charge is 2.46. The Morgan fingerprint density at radius 2 is 2.17 bits per heavy atom. The van der Waals surface area contributed by atoms with Gasteiger partial charge in [-0.25, -0.2) is 19.2 Å². The van der Waals surface area contributed by atoms with Gasteiger partial charge in [-0.1, -0.05) is 0 Å². The molecule has 152 valence electrons. The summed E-state index contributed by atoms with van der Waals surface area (Å²) in [5.41, 5.74) is 3.21. The van der Waals surface area contributed by atoms with Gasteiger partial charge in [-0.15, -0.1) is 0 Å². The summed E-state index contributed by atoms with van der Waals surface area (Å²) in [4.78, 5) is 19.5. The van der Waals surface area contributed by atoms with Crippen molar-refractivity contribution in [3.63, 3.8) is 0 Å². The topological polar surface area (TPSA) is 108 Å². The van der Waals surface area contributed by atoms with Gasteiger partial charge in [0.25, 0.3) is 0 Å². The molecule has 0 radical (unpaired) electrons. The average molecular weight is 413 g/mol. The van der Waals surface area contributed by atoms with Gasteiger partial charge >= 0.3 is 0 Å². The van der Waals surface area contributed by atoms with Gasteiger partial charge in [0.15, 0.2) is 5.82 Å². The summed E-state index contributed by atoms with van der Waals surface area (Å²) in [7, 11) is -2.87. The molecule has 0 saturated carbocycles. The standard InChI is InChI=1S/C20H24N6O2S/c1-12-10-28-9-8-26(12)19-15-11-29(21,27)20(2,3)16(15)24-18(25-19)14-5-7-23-17-13(14)4-6-22-17/h4-7,12,21H,8-11H2,1-3H3,(H,22,23)/t12-,29-/m1/s1. The van der Waals surface area contributed by atoms with Crippen molar-refractivity contribution in [2.24, 2.45) is 0 Å². The number of rotatable bonds is 2. The highest BCUT2D eigenvalue weighted by molar-refractivity contribution is 7.92. The van der Waals surface area contributed by atoms with Crippen LogP contribution in [0.3, 0.4) is 0 Å². The van der Waals surface area contributed by atoms with Gasteiger partial charge < -0.3 is 14.6 Å². The molecule has 0 unspecified atom stereocenters. The lowest BCUT2D eigenvalue weighted by molar-refractivity contribution is 0.0984. The average Bonchev–Trinajstić information content (AvgIpc) is 3.23. The van der Waals surface area contributed by atoms with Crippen molar-refractivity contribution in [1.29, 1.82) is 4.78 Å². The van der Waals surface area contributed by atoms with Crippen LogP contribution in [0.15, 0.2) is 24.5 Å². The molecule has 5 rings (SSSR count). The predicted molar refractivity (Wildman–Crippen MR) is 112 cm³/mol. The number of anilines is 1. The molecule has 2 aliphatic rings. The van der Waals surface area contributed by atoms with Crippen LogP contribution in [0.4, 0.5) is 5.82 Å². The predicted octanol–water partition coefficient (Wildman–Crippen LogP) is 3.04. The van der Waals surface area contributed by atoms with E-state index in [-0.39, 0.29) is 11.8 Å². The number of fused-ring (bicyclic) bond motifs is 2. The van der Waals surface area contributed by atoms with Crippen LogP contribution < -0.4 is 4.90 Å². The molecule has 3 aromatic heterocycles. The van der Waals surface area contributed by atoms with Gasteiger partial charge in [0.1, 0.15) is 11.5 Å². The quantitative estimate of drug-likeness (QED) is 0.670. The lowest BCUT2D eigenvalue weighted by Gasteiger charge is -2.35. The molecule has 3 aromatic rings. The molecule has 1 saturated heterocycles. The zero-order chi connectivity index (χ0) is 20.4. The Morgan fingerprint density at radius 3 is 2.97 bits per heavy atom. The first-order valence-corrected chi connectivity index (χ1v) is 11.5. The van der Waals surface area contributed by atoms with Gasteiger partial charge in [-0.3, -0.25) is 4.78 Å². The number of aromatic amines is 1. The number of aromatic nitrogens is 4. The second kappa shape index (κ2) is 6.24. The molecule has 0 bridgehead atoms. The minimum absolute atomic E-state index is 0.144. The molecule has 0 aliphatic carbocycles. The van der Waals surface area contributed by atoms with Gasteiger partial charge in [-0.2, -0.15) is 0 Å². The Balaban J connectivity index is 1.79. The van der Waals surface area contributed by atoms with Crippen molar-refractivity contribution in [2.75, 3.05) is 24.7 Å². The summed E-state index contributed by atoms with van der Waals surface area (Å²) in [5, 5.41) is 0.941. The lowest BCUT2D eigenvalue weighted by atomic mass is 10.0. The third kappa shape index (κ3) is 2.67. The molecule has 2 aliphatic heterocycles. The van der Waals surface area contributed by atoms with Gasteiger partial charge in [-0.05, 0) is 32.9 Å². The highest BCUT2D eigenvalue weighted by Crippen LogP contribution is 2.45. The summed E-state index contributed by atoms with van der Waals surface area (Å²) in [6, 6.07) is 4.01. The number of hydrogen-bond acceptors (Lipinski definition) is 7. The number of ether oxygens (including phenoxy) is 1. The van der Waals surface area contributed by atoms with Crippen LogP contribution in [-0.2, 0) is 25.0 Å². The number of hydrogen-bond donors (Lipinski definition) is 2. The third-order valence-corrected chi connectivity index (χ3v) is 8.61. The van der Waals surface area contributed by atoms with E-state index in [1.807, 2.05) is 32.2 Å². The maximum atomic E-state index is 13.2. The molecule has 5 heterocycles. The van der Waals surface area contributed by atoms with Crippen LogP contribution in [-0.4, -0.2) is 49.9 Å². The third-order valence-electron chi connectivity index (χ3n) is 6.07. The van der Waals surface area contributed by atoms with E-state index in [9.17, 15) is 4.21 Å². The van der Waals surface area contributed by atoms with Gasteiger partial charge in [0.05, 0.1) is 45.2 Å². The molecule has 0 aromatic carbocycles. The van der Waals surface area contributed by atoms with Crippen LogP contribution in [0, 0.1) is 4.78 Å². The molecule has 1 fully saturated rings. The smallest absolute Gasteiger partial charge is 0.162 e. The van der Waals surface area contributed by atoms with Crippen LogP contribution in [0.1, 0.15) is 32.0 Å². The van der Waals surface area contributed by atoms with E-state index in [0.717, 1.165) is 33.7 Å². The Kier molecular flexibility index (Phi) is 3.98. The molecular weight excluding hydrogens is 388 g/mol. The minimum Gasteiger partial charge on any atom is -0.377 e. The molecule has 9 heteroatoms. The van der Waals surface area contributed by atoms with E-state index in [4.69, 9.17) is 19.5 Å². The molecule has 8 nitrogen and oxygen atoms in total. The lowest BCUT2D eigenvalue weighted by Crippen LogP contribution is -2.44. The van der Waals surface area contributed by atoms with E-state index in [1.165, 1.54) is 0 Å². The fraction of sp³-hybridized carbons (Fsp3) is 0.450. The van der Waals surface area contributed by atoms with E-state index in [2.05, 4.69) is 21.8 Å². The van der Waals surface area contributed by atoms with Crippen LogP contribution in [0.2, 0.25) is 0 Å². The summed E-state index contributed by atoms with van der Waals surface area (Å²) in [6.07, 6.45) is 3.58. The minimum atomic E-state index is -2.87. The van der Waals surface area contributed by atoms with Crippen molar-refractivity contribution < 1.29 is 8.95 Å². The fourth-order valence-electron chi connectivity index (χ4n) is 4.20. The zero-order valence-corrected chi connectivity index (χ0v) is 17.5. The SMILES string of the molecule is C[C@@H]1COCCN1c1nc(-c2ccnc3[nH]ccc23)nc2c1C[S@@](=N)(=O)C2(C)C. The first-order chi connectivity index (χ1) is 13.8. The molecule has 2 N–H and O–H groups in total. The van der Waals surface area contributed by atoms with Crippen LogP contribution >= 0.6 is 0 Å². The molecular formula is C20H24N6O2S. The number of nitrogens with zero attached hydrogens (tertiary/aromatic N) is 4. The van der Waals surface area contributed by atoms with Crippen LogP contribution in [0.5, 0.6) is 0 Å². The second-order valence-corrected chi connectivity index (χ2v) is 10.9. The zero-order valence-electron chi connectivity index (χ0n) is 16.7. The first kappa shape index (κ1) is 18.5. The summed E-state index contributed by atoms with van der Waals surface area (Å²) < 4.78 is 26.5. The normalized spacial score (nSPS) is 26.0. The Morgan fingerprint density at radius 1 is 1.34 bits per heavy atom. The molecule has 29 heavy (non-hydrogen) atoms. The second-order valence-electron chi connectivity index (χ2n) is 8.24. The maximum Gasteiger partial charge on any atom is 0.162 e. The van der Waals surface area contributed by atoms with Gasteiger partial charge in [0, 0.05) is 35.5 Å². The number of pyridine rings is 1. The van der Waals surface area contributed by atoms with Crippen molar-refractivity contribution in [1.82, 2.24) is 19.9 Å². The number of morpholine rings is 1. The molecule has 0 spiro atoms. The van der Waals surface area contributed by atoms with E-state index < -0.39 is 14.5 Å². The first-order valence-electron chi connectivity index (χ1n) is 9.74. The Bertz CT molecular complexity index is 1220. The molecule has 2 atom stereocenters. The molecule has 0 amide bonds. The summed E-state index contributed by atoms with van der Waals surface area (Å²) in [5.74, 6) is 1.55. The number of nitrogens with one attached hydrogen (secondary N) is 2. The van der Waals surface area contributed by atoms with E-state index in [0.29, 0.717) is 25.6 Å². The monoisotopic (exact) mass is 412 g/mol. The van der Waals surface area contributed by atoms with Crippen molar-refractivity contribution in [3.8, 4) is 11.4 Å². The van der Waals surface area contributed by atoms with Crippen molar-refractivity contribution in [2.45, 2.75) is 37.3 Å². The van der Waals surface area contributed by atoms with Crippen molar-refractivity contribution >= 4 is 26.6 Å². The van der Waals surface area contributed by atoms with E-state index in [1.54, 1.807) is 6.20 Å². The maximum absolute atomic E-state index is 13.2. The Labute approximate surface area is 169 Å². The summed E-state index contributed by atoms with van der Waals surface area (Å²) in [6.45, 7) is 7.76. The Hall–Kier alpha value is -2.52. The highest BCUT2D eigenvalue weighted by atomic mass is 32.2. The van der Waals surface area contributed by atoms with Crippen molar-refractivity contribution in [3.05, 3.63) is 35.8 Å². The summed E-state index contributed by atoms with van der Waals surface area (Å²) >= 11 is 0. The van der Waals surface area contributed by atoms with E-state index >= 15 is 0 Å². The van der Waals surface area contributed by atoms with Gasteiger partial charge in [0.2, 0.25) is 0 Å². The fourth-order valence-corrected chi connectivity index (χ4v) is 5.71. The van der Waals surface area contributed by atoms with Crippen LogP contribution in [0.25, 0.3) is 22.4 Å². The largest absolute Gasteiger partial charge is 0.377 e.